The Morgan fingerprint density at radius 1 is 1.40 bits per heavy atom. The number of nitrogens with zero attached hydrogens (tertiary/aromatic N) is 5. The van der Waals surface area contributed by atoms with Gasteiger partial charge < -0.3 is 19.4 Å². The van der Waals surface area contributed by atoms with Gasteiger partial charge in [-0.3, -0.25) is 4.99 Å². The Morgan fingerprint density at radius 3 is 2.92 bits per heavy atom. The van der Waals surface area contributed by atoms with E-state index in [1.165, 1.54) is 13.5 Å². The molecule has 1 N–H and O–H groups in total. The maximum atomic E-state index is 5.58. The molecule has 2 aromatic heterocycles. The molecular formula is C17H22N6O2. The number of imidazole rings is 1. The number of rotatable bonds is 7. The van der Waals surface area contributed by atoms with Crippen molar-refractivity contribution in [3.05, 3.63) is 35.9 Å². The highest BCUT2D eigenvalue weighted by Gasteiger charge is 2.19. The highest BCUT2D eigenvalue weighted by Crippen LogP contribution is 2.25. The van der Waals surface area contributed by atoms with Gasteiger partial charge in [-0.2, -0.15) is 0 Å². The fraction of sp³-hybridized carbons (Fsp3) is 0.412. The number of ether oxygens (including phenoxy) is 2. The molecule has 8 nitrogen and oxygen atoms in total. The topological polar surface area (TPSA) is 86.4 Å². The largest absolute Gasteiger partial charge is 0.479 e. The minimum atomic E-state index is 0.259. The van der Waals surface area contributed by atoms with Crippen LogP contribution >= 0.6 is 0 Å². The van der Waals surface area contributed by atoms with Gasteiger partial charge in [0, 0.05) is 13.0 Å². The molecule has 3 rings (SSSR count). The molecule has 0 saturated heterocycles. The number of methoxy groups -OCH3 is 1. The lowest BCUT2D eigenvalue weighted by Gasteiger charge is -2.16. The summed E-state index contributed by atoms with van der Waals surface area (Å²) in [5.74, 6) is 1.11. The van der Waals surface area contributed by atoms with Crippen molar-refractivity contribution < 1.29 is 9.47 Å². The molecule has 3 heterocycles. The van der Waals surface area contributed by atoms with Crippen LogP contribution in [-0.2, 0) is 17.7 Å². The lowest BCUT2D eigenvalue weighted by atomic mass is 10.1. The second-order valence-electron chi connectivity index (χ2n) is 5.68. The van der Waals surface area contributed by atoms with Gasteiger partial charge >= 0.3 is 6.01 Å². The van der Waals surface area contributed by atoms with Crippen LogP contribution in [0.1, 0.15) is 30.1 Å². The molecule has 0 aliphatic carbocycles. The first-order valence-corrected chi connectivity index (χ1v) is 8.17. The van der Waals surface area contributed by atoms with Crippen LogP contribution in [0.3, 0.4) is 0 Å². The maximum Gasteiger partial charge on any atom is 0.316 e. The van der Waals surface area contributed by atoms with E-state index in [1.807, 2.05) is 6.92 Å². The van der Waals surface area contributed by atoms with Crippen molar-refractivity contribution in [1.29, 1.82) is 0 Å². The quantitative estimate of drug-likeness (QED) is 0.360. The molecule has 0 radical (unpaired) electrons. The van der Waals surface area contributed by atoms with E-state index in [0.29, 0.717) is 11.7 Å². The van der Waals surface area contributed by atoms with Crippen molar-refractivity contribution >= 4 is 18.1 Å². The zero-order valence-electron chi connectivity index (χ0n) is 14.5. The zero-order valence-corrected chi connectivity index (χ0v) is 14.5. The molecule has 0 amide bonds. The van der Waals surface area contributed by atoms with E-state index in [0.717, 1.165) is 42.3 Å². The van der Waals surface area contributed by atoms with Gasteiger partial charge in [-0.05, 0) is 26.5 Å². The van der Waals surface area contributed by atoms with Crippen LogP contribution in [-0.4, -0.2) is 40.1 Å². The van der Waals surface area contributed by atoms with Crippen LogP contribution in [0.5, 0.6) is 6.01 Å². The first-order valence-electron chi connectivity index (χ1n) is 8.17. The summed E-state index contributed by atoms with van der Waals surface area (Å²) >= 11 is 0. The van der Waals surface area contributed by atoms with Gasteiger partial charge in [0.15, 0.2) is 6.73 Å². The predicted octanol–water partition coefficient (Wildman–Crippen LogP) is 2.41. The van der Waals surface area contributed by atoms with Crippen LogP contribution in [0.4, 0.5) is 5.69 Å². The van der Waals surface area contributed by atoms with Gasteiger partial charge in [0.1, 0.15) is 17.8 Å². The Kier molecular flexibility index (Phi) is 5.27. The highest BCUT2D eigenvalue weighted by molar-refractivity contribution is 5.66. The number of hydrogen-bond donors (Lipinski definition) is 1. The number of fused-ring (bicyclic) bond motifs is 1. The van der Waals surface area contributed by atoms with Crippen LogP contribution < -0.4 is 10.1 Å². The van der Waals surface area contributed by atoms with Gasteiger partial charge in [-0.15, -0.1) is 0 Å². The Bertz CT molecular complexity index is 766. The minimum Gasteiger partial charge on any atom is -0.479 e. The van der Waals surface area contributed by atoms with E-state index in [-0.39, 0.29) is 6.73 Å². The molecule has 0 saturated carbocycles. The van der Waals surface area contributed by atoms with E-state index in [4.69, 9.17) is 9.47 Å². The van der Waals surface area contributed by atoms with Crippen LogP contribution in [0, 0.1) is 6.92 Å². The Morgan fingerprint density at radius 2 is 2.20 bits per heavy atom. The summed E-state index contributed by atoms with van der Waals surface area (Å²) in [5, 5.41) is 3.07. The van der Waals surface area contributed by atoms with Gasteiger partial charge in [-0.1, -0.05) is 0 Å². The maximum absolute atomic E-state index is 5.58. The standard InChI is InChI=1S/C17H22N6O2/c1-12-16(23-7-5-4-6-15(23)22-12)14(18-2)10-25-11-21-13-8-19-17(24-3)20-9-13/h8-10,21H,2,4-7,11H2,1,3H3/b14-10-. The molecule has 0 atom stereocenters. The number of aryl methyl sites for hydroxylation is 2. The van der Waals surface area contributed by atoms with Crippen molar-refractivity contribution in [3.63, 3.8) is 0 Å². The summed E-state index contributed by atoms with van der Waals surface area (Å²) in [5.41, 5.74) is 3.36. The molecule has 1 aliphatic heterocycles. The normalized spacial score (nSPS) is 13.9. The molecule has 0 unspecified atom stereocenters. The zero-order chi connectivity index (χ0) is 17.6. The monoisotopic (exact) mass is 342 g/mol. The molecule has 0 spiro atoms. The van der Waals surface area contributed by atoms with E-state index in [2.05, 4.69) is 36.5 Å². The number of aromatic nitrogens is 4. The van der Waals surface area contributed by atoms with Crippen molar-refractivity contribution in [2.45, 2.75) is 32.7 Å². The van der Waals surface area contributed by atoms with E-state index in [9.17, 15) is 0 Å². The van der Waals surface area contributed by atoms with Gasteiger partial charge in [0.05, 0.1) is 36.6 Å². The lowest BCUT2D eigenvalue weighted by Crippen LogP contribution is -2.13. The van der Waals surface area contributed by atoms with Crippen LogP contribution in [0.15, 0.2) is 23.6 Å². The summed E-state index contributed by atoms with van der Waals surface area (Å²) in [6.45, 7) is 6.88. The molecule has 132 valence electrons. The highest BCUT2D eigenvalue weighted by atomic mass is 16.5. The third-order valence-electron chi connectivity index (χ3n) is 4.03. The average Bonchev–Trinajstić information content (AvgIpc) is 2.98. The molecule has 2 aromatic rings. The number of aliphatic imine (C=N–C) groups is 1. The van der Waals surface area contributed by atoms with Crippen LogP contribution in [0.25, 0.3) is 5.70 Å². The molecular weight excluding hydrogens is 320 g/mol. The van der Waals surface area contributed by atoms with Gasteiger partial charge in [-0.25, -0.2) is 15.0 Å². The molecule has 0 bridgehead atoms. The van der Waals surface area contributed by atoms with Crippen molar-refractivity contribution in [2.24, 2.45) is 4.99 Å². The summed E-state index contributed by atoms with van der Waals surface area (Å²) in [6.07, 6.45) is 8.20. The summed E-state index contributed by atoms with van der Waals surface area (Å²) in [6, 6.07) is 0.325. The Hall–Kier alpha value is -2.90. The molecule has 25 heavy (non-hydrogen) atoms. The van der Waals surface area contributed by atoms with E-state index in [1.54, 1.807) is 18.7 Å². The number of nitrogens with one attached hydrogen (secondary N) is 1. The average molecular weight is 342 g/mol. The summed E-state index contributed by atoms with van der Waals surface area (Å²) < 4.78 is 12.7. The van der Waals surface area contributed by atoms with Gasteiger partial charge in [0.25, 0.3) is 0 Å². The summed E-state index contributed by atoms with van der Waals surface area (Å²) in [7, 11) is 1.53. The summed E-state index contributed by atoms with van der Waals surface area (Å²) in [4.78, 5) is 16.8. The number of hydrogen-bond acceptors (Lipinski definition) is 7. The second kappa shape index (κ2) is 7.78. The SMILES string of the molecule is C=N/C(=C\OCNc1cnc(OC)nc1)c1c(C)nc2n1CCCC2. The minimum absolute atomic E-state index is 0.259. The third kappa shape index (κ3) is 3.78. The third-order valence-corrected chi connectivity index (χ3v) is 4.03. The first kappa shape index (κ1) is 16.9. The number of anilines is 1. The van der Waals surface area contributed by atoms with Crippen LogP contribution in [0.2, 0.25) is 0 Å². The first-order chi connectivity index (χ1) is 12.2. The lowest BCUT2D eigenvalue weighted by molar-refractivity contribution is 0.276. The van der Waals surface area contributed by atoms with Crippen molar-refractivity contribution in [1.82, 2.24) is 19.5 Å². The van der Waals surface area contributed by atoms with Gasteiger partial charge in [0.2, 0.25) is 0 Å². The predicted molar refractivity (Wildman–Crippen MR) is 95.6 cm³/mol. The second-order valence-corrected chi connectivity index (χ2v) is 5.68. The molecule has 0 fully saturated rings. The van der Waals surface area contributed by atoms with E-state index < -0.39 is 0 Å². The van der Waals surface area contributed by atoms with E-state index >= 15 is 0 Å². The fourth-order valence-electron chi connectivity index (χ4n) is 2.87. The smallest absolute Gasteiger partial charge is 0.316 e. The Balaban J connectivity index is 1.65. The van der Waals surface area contributed by atoms with Crippen molar-refractivity contribution in [3.8, 4) is 6.01 Å². The molecule has 1 aliphatic rings. The fourth-order valence-corrected chi connectivity index (χ4v) is 2.87. The van der Waals surface area contributed by atoms with Crippen molar-refractivity contribution in [2.75, 3.05) is 19.2 Å². The molecule has 0 aromatic carbocycles. The Labute approximate surface area is 146 Å². The molecule has 8 heteroatoms.